The molecule has 0 aromatic heterocycles. The number of esters is 1. The number of benzene rings is 1. The summed E-state index contributed by atoms with van der Waals surface area (Å²) < 4.78 is 5.76. The Morgan fingerprint density at radius 1 is 1.08 bits per heavy atom. The van der Waals surface area contributed by atoms with E-state index in [1.807, 2.05) is 13.8 Å². The van der Waals surface area contributed by atoms with Crippen LogP contribution in [0, 0.1) is 0 Å². The highest BCUT2D eigenvalue weighted by Crippen LogP contribution is 2.21. The van der Waals surface area contributed by atoms with Crippen molar-refractivity contribution in [3.63, 3.8) is 0 Å². The van der Waals surface area contributed by atoms with Crippen molar-refractivity contribution < 1.29 is 14.0 Å². The summed E-state index contributed by atoms with van der Waals surface area (Å²) in [7, 11) is 5.28. The zero-order valence-electron chi connectivity index (χ0n) is 17.0. The highest BCUT2D eigenvalue weighted by Gasteiger charge is 2.27. The van der Waals surface area contributed by atoms with Gasteiger partial charge in [-0.15, -0.1) is 0 Å². The third kappa shape index (κ3) is 9.57. The van der Waals surface area contributed by atoms with E-state index in [4.69, 9.17) is 4.74 Å². The molecule has 0 unspecified atom stereocenters. The molecule has 0 bridgehead atoms. The van der Waals surface area contributed by atoms with Gasteiger partial charge in [0.05, 0.1) is 35.8 Å². The number of aryl methyl sites for hydroxylation is 1. The maximum Gasteiger partial charge on any atom is 0.322 e. The predicted octanol–water partition coefficient (Wildman–Crippen LogP) is 4.86. The zero-order chi connectivity index (χ0) is 19.3. The van der Waals surface area contributed by atoms with Crippen LogP contribution in [0.5, 0.6) is 0 Å². The van der Waals surface area contributed by atoms with Crippen LogP contribution in [0.3, 0.4) is 0 Å². The molecule has 25 heavy (non-hydrogen) atoms. The standard InChI is InChI=1S/C20H35BrNO2Si/c1-20(2,21)19(23)24-13-15-25(6,7)14-12-17-8-10-18(11-9-17)16-22(3,4)5/h8-11H,12-16H2,1-7H3/q+1. The number of alkyl halides is 1. The third-order valence-electron chi connectivity index (χ3n) is 4.27. The third-order valence-corrected chi connectivity index (χ3v) is 7.75. The molecule has 0 saturated heterocycles. The predicted molar refractivity (Wildman–Crippen MR) is 113 cm³/mol. The zero-order valence-corrected chi connectivity index (χ0v) is 19.6. The molecule has 1 aromatic carbocycles. The highest BCUT2D eigenvalue weighted by molar-refractivity contribution is 9.10. The second-order valence-electron chi connectivity index (χ2n) is 9.29. The Hall–Kier alpha value is -0.653. The van der Waals surface area contributed by atoms with Gasteiger partial charge in [-0.05, 0) is 31.9 Å². The summed E-state index contributed by atoms with van der Waals surface area (Å²) in [6, 6.07) is 11.3. The Balaban J connectivity index is 2.44. The van der Waals surface area contributed by atoms with Crippen LogP contribution in [0.2, 0.25) is 25.2 Å². The Labute approximate surface area is 163 Å². The topological polar surface area (TPSA) is 26.3 Å². The summed E-state index contributed by atoms with van der Waals surface area (Å²) in [4.78, 5) is 11.8. The molecule has 5 heteroatoms. The lowest BCUT2D eigenvalue weighted by atomic mass is 10.1. The summed E-state index contributed by atoms with van der Waals surface area (Å²) in [6.45, 7) is 9.99. The average Bonchev–Trinajstić information content (AvgIpc) is 2.43. The van der Waals surface area contributed by atoms with Crippen LogP contribution in [0.25, 0.3) is 0 Å². The van der Waals surface area contributed by atoms with Crippen LogP contribution in [0.15, 0.2) is 24.3 Å². The normalized spacial score (nSPS) is 13.0. The molecule has 0 N–H and O–H groups in total. The van der Waals surface area contributed by atoms with E-state index in [0.717, 1.165) is 23.5 Å². The van der Waals surface area contributed by atoms with Gasteiger partial charge in [0.25, 0.3) is 0 Å². The molecule has 0 heterocycles. The fraction of sp³-hybridized carbons (Fsp3) is 0.650. The number of nitrogens with zero attached hydrogens (tertiary/aromatic N) is 1. The average molecular weight is 429 g/mol. The van der Waals surface area contributed by atoms with Crippen molar-refractivity contribution in [1.29, 1.82) is 0 Å². The molecule has 0 aliphatic carbocycles. The van der Waals surface area contributed by atoms with Gasteiger partial charge in [0.15, 0.2) is 0 Å². The molecule has 3 nitrogen and oxygen atoms in total. The molecular weight excluding hydrogens is 394 g/mol. The number of ether oxygens (including phenoxy) is 1. The molecule has 0 aliphatic heterocycles. The van der Waals surface area contributed by atoms with Crippen molar-refractivity contribution in [2.45, 2.75) is 56.3 Å². The number of halogens is 1. The first-order valence-electron chi connectivity index (χ1n) is 9.03. The molecule has 142 valence electrons. The summed E-state index contributed by atoms with van der Waals surface area (Å²) in [5.74, 6) is -0.176. The number of hydrogen-bond acceptors (Lipinski definition) is 2. The van der Waals surface area contributed by atoms with Gasteiger partial charge in [-0.25, -0.2) is 0 Å². The van der Waals surface area contributed by atoms with Crippen LogP contribution < -0.4 is 0 Å². The van der Waals surface area contributed by atoms with E-state index in [1.165, 1.54) is 17.2 Å². The first kappa shape index (κ1) is 22.4. The molecule has 0 amide bonds. The van der Waals surface area contributed by atoms with Crippen molar-refractivity contribution in [3.05, 3.63) is 35.4 Å². The summed E-state index contributed by atoms with van der Waals surface area (Å²) >= 11 is 3.35. The van der Waals surface area contributed by atoms with Gasteiger partial charge in [0.1, 0.15) is 10.9 Å². The molecule has 0 radical (unpaired) electrons. The van der Waals surface area contributed by atoms with E-state index in [1.54, 1.807) is 0 Å². The molecule has 0 atom stereocenters. The minimum absolute atomic E-state index is 0.176. The number of quaternary nitrogens is 1. The maximum absolute atomic E-state index is 11.8. The van der Waals surface area contributed by atoms with Gasteiger partial charge < -0.3 is 9.22 Å². The Kier molecular flexibility index (Phi) is 7.90. The lowest BCUT2D eigenvalue weighted by Crippen LogP contribution is -2.33. The van der Waals surface area contributed by atoms with Crippen LogP contribution in [-0.4, -0.2) is 50.6 Å². The monoisotopic (exact) mass is 428 g/mol. The van der Waals surface area contributed by atoms with Gasteiger partial charge in [-0.3, -0.25) is 4.79 Å². The van der Waals surface area contributed by atoms with Crippen molar-refractivity contribution in [2.24, 2.45) is 0 Å². The first-order chi connectivity index (χ1) is 11.3. The Morgan fingerprint density at radius 2 is 1.60 bits per heavy atom. The second kappa shape index (κ2) is 8.83. The van der Waals surface area contributed by atoms with Gasteiger partial charge >= 0.3 is 5.97 Å². The molecule has 0 fully saturated rings. The fourth-order valence-electron chi connectivity index (χ4n) is 2.56. The van der Waals surface area contributed by atoms with Crippen LogP contribution >= 0.6 is 15.9 Å². The van der Waals surface area contributed by atoms with Crippen LogP contribution in [0.1, 0.15) is 25.0 Å². The van der Waals surface area contributed by atoms with Crippen LogP contribution in [0.4, 0.5) is 0 Å². The minimum atomic E-state index is -1.36. The van der Waals surface area contributed by atoms with E-state index in [-0.39, 0.29) is 5.97 Å². The van der Waals surface area contributed by atoms with Gasteiger partial charge in [-0.2, -0.15) is 0 Å². The molecule has 0 spiro atoms. The smallest absolute Gasteiger partial charge is 0.322 e. The van der Waals surface area contributed by atoms with E-state index in [9.17, 15) is 4.79 Å². The number of carbonyl (C=O) groups is 1. The lowest BCUT2D eigenvalue weighted by molar-refractivity contribution is -0.884. The van der Waals surface area contributed by atoms with E-state index >= 15 is 0 Å². The molecule has 0 aliphatic rings. The van der Waals surface area contributed by atoms with E-state index in [0.29, 0.717) is 6.61 Å². The number of hydrogen-bond donors (Lipinski definition) is 0. The molecule has 1 rings (SSSR count). The summed E-state index contributed by atoms with van der Waals surface area (Å²) in [5, 5.41) is 0. The van der Waals surface area contributed by atoms with Gasteiger partial charge in [0.2, 0.25) is 0 Å². The quantitative estimate of drug-likeness (QED) is 0.243. The minimum Gasteiger partial charge on any atom is -0.465 e. The van der Waals surface area contributed by atoms with E-state index in [2.05, 4.69) is 74.4 Å². The van der Waals surface area contributed by atoms with Crippen molar-refractivity contribution in [1.82, 2.24) is 0 Å². The lowest BCUT2D eigenvalue weighted by Gasteiger charge is -2.24. The summed E-state index contributed by atoms with van der Waals surface area (Å²) in [5.41, 5.74) is 2.79. The van der Waals surface area contributed by atoms with Crippen LogP contribution in [-0.2, 0) is 22.5 Å². The molecular formula is C20H35BrNO2Si+. The molecule has 1 aromatic rings. The Bertz CT molecular complexity index is 557. The number of rotatable bonds is 9. The van der Waals surface area contributed by atoms with Crippen molar-refractivity contribution in [3.8, 4) is 0 Å². The number of carbonyl (C=O) groups excluding carboxylic acids is 1. The van der Waals surface area contributed by atoms with Crippen molar-refractivity contribution >= 4 is 30.0 Å². The second-order valence-corrected chi connectivity index (χ2v) is 16.6. The highest BCUT2D eigenvalue weighted by atomic mass is 79.9. The van der Waals surface area contributed by atoms with E-state index < -0.39 is 12.4 Å². The SMILES string of the molecule is CC(C)(Br)C(=O)OCC[Si](C)(C)CCc1ccc(C[N+](C)(C)C)cc1. The maximum atomic E-state index is 11.8. The fourth-order valence-corrected chi connectivity index (χ4v) is 4.54. The van der Waals surface area contributed by atoms with Gasteiger partial charge in [-0.1, -0.05) is 59.3 Å². The Morgan fingerprint density at radius 3 is 2.08 bits per heavy atom. The largest absolute Gasteiger partial charge is 0.465 e. The first-order valence-corrected chi connectivity index (χ1v) is 13.2. The summed E-state index contributed by atoms with van der Waals surface area (Å²) in [6.07, 6.45) is 1.11. The van der Waals surface area contributed by atoms with Gasteiger partial charge in [0, 0.05) is 5.56 Å². The van der Waals surface area contributed by atoms with Crippen molar-refractivity contribution in [2.75, 3.05) is 27.7 Å². The molecule has 0 saturated carbocycles.